The molecule has 1 heterocycles. The first-order valence-electron chi connectivity index (χ1n) is 6.83. The Balaban J connectivity index is 1.93. The van der Waals surface area contributed by atoms with E-state index in [-0.39, 0.29) is 0 Å². The number of benzene rings is 2. The lowest BCUT2D eigenvalue weighted by atomic mass is 10.0. The highest BCUT2D eigenvalue weighted by Gasteiger charge is 2.18. The van der Waals surface area contributed by atoms with Crippen LogP contribution in [0.2, 0.25) is 0 Å². The lowest BCUT2D eigenvalue weighted by molar-refractivity contribution is 1.31. The quantitative estimate of drug-likeness (QED) is 0.413. The first-order chi connectivity index (χ1) is 9.92. The summed E-state index contributed by atoms with van der Waals surface area (Å²) >= 11 is 0. The molecule has 0 amide bonds. The Bertz CT molecular complexity index is 914. The van der Waals surface area contributed by atoms with Crippen LogP contribution in [-0.4, -0.2) is 4.98 Å². The van der Waals surface area contributed by atoms with Crippen molar-refractivity contribution >= 4 is 12.2 Å². The Labute approximate surface area is 116 Å². The van der Waals surface area contributed by atoms with Gasteiger partial charge in [-0.1, -0.05) is 42.5 Å². The van der Waals surface area contributed by atoms with E-state index in [0.29, 0.717) is 0 Å². The monoisotopic (exact) mass is 253 g/mol. The van der Waals surface area contributed by atoms with Crippen LogP contribution in [0.25, 0.3) is 34.4 Å². The van der Waals surface area contributed by atoms with Gasteiger partial charge in [0.2, 0.25) is 0 Å². The van der Waals surface area contributed by atoms with Gasteiger partial charge in [-0.25, -0.2) is 0 Å². The van der Waals surface area contributed by atoms with Gasteiger partial charge in [-0.2, -0.15) is 0 Å². The third-order valence-corrected chi connectivity index (χ3v) is 4.25. The molecule has 0 bridgehead atoms. The van der Waals surface area contributed by atoms with Crippen molar-refractivity contribution in [1.29, 1.82) is 0 Å². The minimum atomic E-state index is 1.08. The number of fused-ring (bicyclic) bond motifs is 7. The second-order valence-corrected chi connectivity index (χ2v) is 5.30. The minimum Gasteiger partial charge on any atom is -0.256 e. The lowest BCUT2D eigenvalue weighted by Crippen LogP contribution is -2.25. The van der Waals surface area contributed by atoms with Gasteiger partial charge < -0.3 is 0 Å². The molecule has 2 aliphatic rings. The number of hydrogen-bond donors (Lipinski definition) is 0. The molecule has 3 aromatic rings. The summed E-state index contributed by atoms with van der Waals surface area (Å²) in [5.41, 5.74) is 7.62. The van der Waals surface area contributed by atoms with E-state index in [9.17, 15) is 0 Å². The van der Waals surface area contributed by atoms with Crippen LogP contribution in [0.1, 0.15) is 11.3 Å². The van der Waals surface area contributed by atoms with Crippen LogP contribution in [0.5, 0.6) is 0 Å². The SMILES string of the molecule is C1=c2c(ccc3c2=Cc2ncccc2-3)-c2ccccc21. The van der Waals surface area contributed by atoms with Gasteiger partial charge in [0, 0.05) is 11.8 Å². The Morgan fingerprint density at radius 2 is 1.35 bits per heavy atom. The van der Waals surface area contributed by atoms with Gasteiger partial charge in [-0.05, 0) is 50.9 Å². The van der Waals surface area contributed by atoms with Crippen molar-refractivity contribution in [1.82, 2.24) is 4.98 Å². The molecule has 2 aliphatic carbocycles. The normalized spacial score (nSPS) is 12.8. The van der Waals surface area contributed by atoms with Crippen molar-refractivity contribution in [3.05, 3.63) is 76.4 Å². The Morgan fingerprint density at radius 1 is 0.600 bits per heavy atom. The van der Waals surface area contributed by atoms with Gasteiger partial charge >= 0.3 is 0 Å². The summed E-state index contributed by atoms with van der Waals surface area (Å²) in [7, 11) is 0. The summed E-state index contributed by atoms with van der Waals surface area (Å²) in [5, 5.41) is 2.65. The van der Waals surface area contributed by atoms with Gasteiger partial charge in [0.15, 0.2) is 0 Å². The molecule has 0 aliphatic heterocycles. The molecule has 92 valence electrons. The van der Waals surface area contributed by atoms with Crippen molar-refractivity contribution in [2.45, 2.75) is 0 Å². The largest absolute Gasteiger partial charge is 0.256 e. The Morgan fingerprint density at radius 3 is 2.30 bits per heavy atom. The average Bonchev–Trinajstić information content (AvgIpc) is 3.05. The second kappa shape index (κ2) is 3.45. The number of hydrogen-bond acceptors (Lipinski definition) is 1. The van der Waals surface area contributed by atoms with Crippen molar-refractivity contribution in [2.75, 3.05) is 0 Å². The number of aromatic nitrogens is 1. The molecule has 2 aromatic carbocycles. The fourth-order valence-corrected chi connectivity index (χ4v) is 3.34. The predicted octanol–water partition coefficient (Wildman–Crippen LogP) is 2.70. The standard InChI is InChI=1S/C19H11N/c1-2-5-13-12(4-1)10-17-14(13)7-8-15-16-6-3-9-20-19(16)11-18(15)17/h1-11H. The third-order valence-electron chi connectivity index (χ3n) is 4.25. The first kappa shape index (κ1) is 10.2. The van der Waals surface area contributed by atoms with E-state index < -0.39 is 0 Å². The number of rotatable bonds is 0. The van der Waals surface area contributed by atoms with Crippen molar-refractivity contribution in [3.63, 3.8) is 0 Å². The topological polar surface area (TPSA) is 12.9 Å². The molecular weight excluding hydrogens is 242 g/mol. The van der Waals surface area contributed by atoms with E-state index in [4.69, 9.17) is 0 Å². The van der Waals surface area contributed by atoms with Crippen LogP contribution >= 0.6 is 0 Å². The Hall–Kier alpha value is -2.67. The number of nitrogens with zero attached hydrogens (tertiary/aromatic N) is 1. The zero-order valence-corrected chi connectivity index (χ0v) is 10.8. The van der Waals surface area contributed by atoms with E-state index in [1.807, 2.05) is 12.3 Å². The fourth-order valence-electron chi connectivity index (χ4n) is 3.34. The van der Waals surface area contributed by atoms with Crippen LogP contribution in [-0.2, 0) is 0 Å². The van der Waals surface area contributed by atoms with Crippen molar-refractivity contribution < 1.29 is 0 Å². The Kier molecular flexibility index (Phi) is 1.75. The van der Waals surface area contributed by atoms with Gasteiger partial charge in [0.25, 0.3) is 0 Å². The number of pyridine rings is 1. The van der Waals surface area contributed by atoms with Gasteiger partial charge in [0.05, 0.1) is 5.69 Å². The second-order valence-electron chi connectivity index (χ2n) is 5.30. The van der Waals surface area contributed by atoms with E-state index in [1.54, 1.807) is 0 Å². The molecule has 0 unspecified atom stereocenters. The highest BCUT2D eigenvalue weighted by Crippen LogP contribution is 2.29. The predicted molar refractivity (Wildman–Crippen MR) is 81.5 cm³/mol. The maximum Gasteiger partial charge on any atom is 0.0714 e. The molecule has 0 saturated carbocycles. The molecule has 0 saturated heterocycles. The van der Waals surface area contributed by atoms with Crippen LogP contribution in [0.3, 0.4) is 0 Å². The van der Waals surface area contributed by atoms with E-state index >= 15 is 0 Å². The van der Waals surface area contributed by atoms with E-state index in [2.05, 4.69) is 59.6 Å². The molecular formula is C19H11N. The first-order valence-corrected chi connectivity index (χ1v) is 6.83. The molecule has 0 fully saturated rings. The molecule has 0 atom stereocenters. The van der Waals surface area contributed by atoms with Crippen LogP contribution < -0.4 is 10.4 Å². The molecule has 1 nitrogen and oxygen atoms in total. The maximum absolute atomic E-state index is 4.48. The maximum atomic E-state index is 4.48. The third kappa shape index (κ3) is 1.15. The zero-order valence-electron chi connectivity index (χ0n) is 10.8. The molecule has 1 aromatic heterocycles. The summed E-state index contributed by atoms with van der Waals surface area (Å²) in [5.74, 6) is 0. The van der Waals surface area contributed by atoms with Gasteiger partial charge in [0.1, 0.15) is 0 Å². The smallest absolute Gasteiger partial charge is 0.0714 e. The minimum absolute atomic E-state index is 1.08. The average molecular weight is 253 g/mol. The summed E-state index contributed by atoms with van der Waals surface area (Å²) in [6.45, 7) is 0. The highest BCUT2D eigenvalue weighted by molar-refractivity contribution is 5.88. The van der Waals surface area contributed by atoms with E-state index in [0.717, 1.165) is 5.69 Å². The van der Waals surface area contributed by atoms with Crippen LogP contribution in [0.15, 0.2) is 54.7 Å². The van der Waals surface area contributed by atoms with Crippen molar-refractivity contribution in [3.8, 4) is 22.3 Å². The molecule has 0 N–H and O–H groups in total. The van der Waals surface area contributed by atoms with E-state index in [1.165, 1.54) is 38.3 Å². The van der Waals surface area contributed by atoms with Gasteiger partial charge in [-0.15, -0.1) is 0 Å². The summed E-state index contributed by atoms with van der Waals surface area (Å²) < 4.78 is 0. The molecule has 1 heteroatoms. The fraction of sp³-hybridized carbons (Fsp3) is 0. The molecule has 0 radical (unpaired) electrons. The molecule has 5 rings (SSSR count). The summed E-state index contributed by atoms with van der Waals surface area (Å²) in [6, 6.07) is 17.2. The van der Waals surface area contributed by atoms with Crippen LogP contribution in [0, 0.1) is 0 Å². The van der Waals surface area contributed by atoms with Crippen LogP contribution in [0.4, 0.5) is 0 Å². The zero-order chi connectivity index (χ0) is 13.1. The van der Waals surface area contributed by atoms with Crippen molar-refractivity contribution in [2.24, 2.45) is 0 Å². The molecule has 0 spiro atoms. The lowest BCUT2D eigenvalue weighted by Gasteiger charge is -2.03. The summed E-state index contributed by atoms with van der Waals surface area (Å²) in [6.07, 6.45) is 6.37. The summed E-state index contributed by atoms with van der Waals surface area (Å²) in [4.78, 5) is 4.48. The van der Waals surface area contributed by atoms with Gasteiger partial charge in [-0.3, -0.25) is 4.98 Å². The highest BCUT2D eigenvalue weighted by atomic mass is 14.7. The molecule has 20 heavy (non-hydrogen) atoms.